The number of nitrogens with one attached hydrogen (secondary N) is 1. The highest BCUT2D eigenvalue weighted by Gasteiger charge is 2.27. The first-order valence-electron chi connectivity index (χ1n) is 7.40. The zero-order chi connectivity index (χ0) is 15.5. The van der Waals surface area contributed by atoms with E-state index in [9.17, 15) is 9.59 Å². The molecular weight excluding hydrogens is 302 g/mol. The number of unbranched alkanes of at least 4 members (excludes halogenated alkanes) is 1. The second-order valence-electron chi connectivity index (χ2n) is 5.31. The van der Waals surface area contributed by atoms with Crippen LogP contribution in [0, 0.1) is 0 Å². The predicted molar refractivity (Wildman–Crippen MR) is 83.2 cm³/mol. The molecule has 0 bridgehead atoms. The van der Waals surface area contributed by atoms with Crippen LogP contribution in [-0.2, 0) is 6.54 Å². The summed E-state index contributed by atoms with van der Waals surface area (Å²) in [6.45, 7) is 2.55. The second kappa shape index (κ2) is 6.35. The van der Waals surface area contributed by atoms with Gasteiger partial charge >= 0.3 is 0 Å². The molecule has 8 heteroatoms. The zero-order valence-corrected chi connectivity index (χ0v) is 13.1. The molecule has 3 rings (SSSR count). The van der Waals surface area contributed by atoms with Gasteiger partial charge in [0.2, 0.25) is 5.13 Å². The Hall–Kier alpha value is -2.09. The number of aryl methyl sites for hydroxylation is 1. The number of hydrogen-bond acceptors (Lipinski definition) is 6. The van der Waals surface area contributed by atoms with Crippen molar-refractivity contribution in [1.82, 2.24) is 20.0 Å². The molecule has 1 saturated carbocycles. The topological polar surface area (TPSA) is 89.8 Å². The molecule has 2 heterocycles. The van der Waals surface area contributed by atoms with Crippen molar-refractivity contribution < 1.29 is 4.79 Å². The van der Waals surface area contributed by atoms with Crippen LogP contribution in [0.1, 0.15) is 54.0 Å². The van der Waals surface area contributed by atoms with Crippen molar-refractivity contribution in [2.45, 2.75) is 45.1 Å². The highest BCUT2D eigenvalue weighted by Crippen LogP contribution is 2.42. The highest BCUT2D eigenvalue weighted by molar-refractivity contribution is 7.15. The molecule has 0 spiro atoms. The van der Waals surface area contributed by atoms with Crippen molar-refractivity contribution in [2.75, 3.05) is 5.32 Å². The van der Waals surface area contributed by atoms with Gasteiger partial charge in [-0.05, 0) is 25.3 Å². The molecule has 1 amide bonds. The molecule has 0 radical (unpaired) electrons. The summed E-state index contributed by atoms with van der Waals surface area (Å²) in [6.07, 6.45) is 4.09. The number of amides is 1. The zero-order valence-electron chi connectivity index (χ0n) is 12.3. The smallest absolute Gasteiger partial charge is 0.277 e. The van der Waals surface area contributed by atoms with Gasteiger partial charge in [0.05, 0.1) is 0 Å². The molecule has 2 aromatic rings. The van der Waals surface area contributed by atoms with Gasteiger partial charge < -0.3 is 0 Å². The minimum absolute atomic E-state index is 0.197. The van der Waals surface area contributed by atoms with E-state index >= 15 is 0 Å². The molecule has 7 nitrogen and oxygen atoms in total. The lowest BCUT2D eigenvalue weighted by Crippen LogP contribution is -2.26. The van der Waals surface area contributed by atoms with Crippen molar-refractivity contribution in [2.24, 2.45) is 0 Å². The fraction of sp³-hybridized carbons (Fsp3) is 0.500. The molecule has 0 aliphatic heterocycles. The molecule has 1 aliphatic carbocycles. The molecule has 1 fully saturated rings. The van der Waals surface area contributed by atoms with Crippen LogP contribution in [0.25, 0.3) is 0 Å². The molecule has 22 heavy (non-hydrogen) atoms. The molecule has 0 unspecified atom stereocenters. The number of nitrogens with zero attached hydrogens (tertiary/aromatic N) is 4. The third kappa shape index (κ3) is 3.38. The fourth-order valence-electron chi connectivity index (χ4n) is 1.98. The Morgan fingerprint density at radius 2 is 2.23 bits per heavy atom. The van der Waals surface area contributed by atoms with E-state index in [1.807, 2.05) is 6.92 Å². The van der Waals surface area contributed by atoms with Gasteiger partial charge in [-0.25, -0.2) is 4.68 Å². The predicted octanol–water partition coefficient (Wildman–Crippen LogP) is 2.02. The number of carbonyl (C=O) groups is 1. The van der Waals surface area contributed by atoms with Crippen LogP contribution in [-0.4, -0.2) is 25.9 Å². The Kier molecular flexibility index (Phi) is 4.28. The average molecular weight is 319 g/mol. The Balaban J connectivity index is 1.71. The summed E-state index contributed by atoms with van der Waals surface area (Å²) in [4.78, 5) is 23.9. The summed E-state index contributed by atoms with van der Waals surface area (Å²) in [5.74, 6) is 0.140. The Morgan fingerprint density at radius 1 is 1.41 bits per heavy atom. The van der Waals surface area contributed by atoms with E-state index in [1.165, 1.54) is 28.2 Å². The van der Waals surface area contributed by atoms with E-state index < -0.39 is 0 Å². The molecule has 1 aliphatic rings. The van der Waals surface area contributed by atoms with Crippen LogP contribution < -0.4 is 10.9 Å². The maximum Gasteiger partial charge on any atom is 0.277 e. The van der Waals surface area contributed by atoms with E-state index in [-0.39, 0.29) is 17.2 Å². The Bertz CT molecular complexity index is 735. The third-order valence-corrected chi connectivity index (χ3v) is 4.41. The van der Waals surface area contributed by atoms with Gasteiger partial charge in [-0.2, -0.15) is 5.10 Å². The quantitative estimate of drug-likeness (QED) is 0.880. The number of rotatable bonds is 6. The van der Waals surface area contributed by atoms with Gasteiger partial charge in [0.25, 0.3) is 11.5 Å². The monoisotopic (exact) mass is 319 g/mol. The van der Waals surface area contributed by atoms with Gasteiger partial charge in [0, 0.05) is 18.5 Å². The van der Waals surface area contributed by atoms with Gasteiger partial charge in [0.1, 0.15) is 10.7 Å². The molecule has 0 aromatic carbocycles. The minimum atomic E-state index is -0.372. The SMILES string of the molecule is CCCCn1nc(C(=O)Nc2nnc(C3CC3)s2)ccc1=O. The first kappa shape index (κ1) is 14.8. The van der Waals surface area contributed by atoms with Crippen LogP contribution in [0.5, 0.6) is 0 Å². The summed E-state index contributed by atoms with van der Waals surface area (Å²) in [5, 5.41) is 16.3. The first-order valence-corrected chi connectivity index (χ1v) is 8.22. The lowest BCUT2D eigenvalue weighted by atomic mass is 10.3. The molecule has 2 aromatic heterocycles. The summed E-state index contributed by atoms with van der Waals surface area (Å²) in [5.41, 5.74) is 0.0100. The van der Waals surface area contributed by atoms with Crippen molar-refractivity contribution >= 4 is 22.4 Å². The molecule has 1 N–H and O–H groups in total. The number of anilines is 1. The number of aromatic nitrogens is 4. The maximum atomic E-state index is 12.2. The molecule has 116 valence electrons. The van der Waals surface area contributed by atoms with E-state index in [4.69, 9.17) is 0 Å². The molecule has 0 atom stereocenters. The normalized spacial score (nSPS) is 14.0. The summed E-state index contributed by atoms with van der Waals surface area (Å²) < 4.78 is 1.33. The number of hydrogen-bond donors (Lipinski definition) is 1. The molecule has 0 saturated heterocycles. The van der Waals surface area contributed by atoms with Crippen molar-refractivity contribution in [3.8, 4) is 0 Å². The largest absolute Gasteiger partial charge is 0.295 e. The van der Waals surface area contributed by atoms with E-state index in [1.54, 1.807) is 0 Å². The fourth-order valence-corrected chi connectivity index (χ4v) is 2.89. The summed E-state index contributed by atoms with van der Waals surface area (Å²) in [6, 6.07) is 2.80. The first-order chi connectivity index (χ1) is 10.7. The van der Waals surface area contributed by atoms with Crippen LogP contribution >= 0.6 is 11.3 Å². The van der Waals surface area contributed by atoms with Gasteiger partial charge in [-0.3, -0.25) is 14.9 Å². The summed E-state index contributed by atoms with van der Waals surface area (Å²) >= 11 is 1.40. The summed E-state index contributed by atoms with van der Waals surface area (Å²) in [7, 11) is 0. The van der Waals surface area contributed by atoms with E-state index in [0.717, 1.165) is 30.7 Å². The van der Waals surface area contributed by atoms with Crippen LogP contribution in [0.3, 0.4) is 0 Å². The number of carbonyl (C=O) groups excluding carboxylic acids is 1. The van der Waals surface area contributed by atoms with Crippen molar-refractivity contribution in [1.29, 1.82) is 0 Å². The Morgan fingerprint density at radius 3 is 2.95 bits per heavy atom. The van der Waals surface area contributed by atoms with Crippen molar-refractivity contribution in [3.05, 3.63) is 33.2 Å². The second-order valence-corrected chi connectivity index (χ2v) is 6.32. The average Bonchev–Trinajstić information content (AvgIpc) is 3.27. The minimum Gasteiger partial charge on any atom is -0.295 e. The van der Waals surface area contributed by atoms with Crippen LogP contribution in [0.15, 0.2) is 16.9 Å². The third-order valence-electron chi connectivity index (χ3n) is 3.41. The van der Waals surface area contributed by atoms with E-state index in [0.29, 0.717) is 17.6 Å². The molecular formula is C14H17N5O2S. The van der Waals surface area contributed by atoms with Crippen LogP contribution in [0.4, 0.5) is 5.13 Å². The van der Waals surface area contributed by atoms with Gasteiger partial charge in [0.15, 0.2) is 0 Å². The Labute approximate surface area is 131 Å². The lowest BCUT2D eigenvalue weighted by molar-refractivity contribution is 0.101. The standard InChI is InChI=1S/C14H17N5O2S/c1-2-3-8-19-11(20)7-6-10(18-19)12(21)15-14-17-16-13(22-14)9-4-5-9/h6-7,9H,2-5,8H2,1H3,(H,15,17,21). The lowest BCUT2D eigenvalue weighted by Gasteiger charge is -2.05. The van der Waals surface area contributed by atoms with Crippen LogP contribution in [0.2, 0.25) is 0 Å². The van der Waals surface area contributed by atoms with E-state index in [2.05, 4.69) is 20.6 Å². The van der Waals surface area contributed by atoms with Crippen molar-refractivity contribution in [3.63, 3.8) is 0 Å². The highest BCUT2D eigenvalue weighted by atomic mass is 32.1. The maximum absolute atomic E-state index is 12.2. The van der Waals surface area contributed by atoms with Gasteiger partial charge in [-0.15, -0.1) is 10.2 Å². The van der Waals surface area contributed by atoms with Gasteiger partial charge in [-0.1, -0.05) is 24.7 Å².